The van der Waals surface area contributed by atoms with Crippen molar-refractivity contribution in [3.63, 3.8) is 0 Å². The first-order valence-electron chi connectivity index (χ1n) is 5.07. The Kier molecular flexibility index (Phi) is 3.37. The first kappa shape index (κ1) is 10.9. The van der Waals surface area contributed by atoms with Crippen LogP contribution >= 0.6 is 11.6 Å². The Balaban J connectivity index is 0.000000292. The van der Waals surface area contributed by atoms with Crippen LogP contribution in [0.25, 0.3) is 11.1 Å². The first-order valence-corrected chi connectivity index (χ1v) is 5.50. The third-order valence-corrected chi connectivity index (χ3v) is 2.71. The molecule has 0 atom stereocenters. The van der Waals surface area contributed by atoms with Gasteiger partial charge in [-0.1, -0.05) is 48.5 Å². The second-order valence-electron chi connectivity index (χ2n) is 3.58. The quantitative estimate of drug-likeness (QED) is 0.425. The molecule has 0 radical (unpaired) electrons. The summed E-state index contributed by atoms with van der Waals surface area (Å²) in [5, 5.41) is 0. The van der Waals surface area contributed by atoms with Gasteiger partial charge in [-0.15, -0.1) is 0 Å². The molecule has 0 aliphatic heterocycles. The number of fused-ring (bicyclic) bond motifs is 3. The Morgan fingerprint density at radius 3 is 1.69 bits per heavy atom. The van der Waals surface area contributed by atoms with Crippen molar-refractivity contribution in [1.82, 2.24) is 0 Å². The van der Waals surface area contributed by atoms with Gasteiger partial charge in [0, 0.05) is 0 Å². The molecular formula is C14H11ClO. The van der Waals surface area contributed by atoms with Gasteiger partial charge < -0.3 is 0 Å². The van der Waals surface area contributed by atoms with E-state index in [1.165, 1.54) is 22.3 Å². The number of benzene rings is 2. The van der Waals surface area contributed by atoms with Gasteiger partial charge in [0.25, 0.3) is 0 Å². The summed E-state index contributed by atoms with van der Waals surface area (Å²) in [5.74, 6) is 0.222. The Morgan fingerprint density at radius 2 is 1.25 bits per heavy atom. The van der Waals surface area contributed by atoms with E-state index in [1.54, 1.807) is 0 Å². The van der Waals surface area contributed by atoms with Gasteiger partial charge in [-0.2, -0.15) is 0 Å². The van der Waals surface area contributed by atoms with Crippen molar-refractivity contribution >= 4 is 17.3 Å². The van der Waals surface area contributed by atoms with Crippen LogP contribution in [0.15, 0.2) is 48.5 Å². The Hall–Kier alpha value is -1.60. The molecule has 1 nitrogen and oxygen atoms in total. The van der Waals surface area contributed by atoms with Crippen LogP contribution in [0.2, 0.25) is 0 Å². The molecule has 0 saturated heterocycles. The SMILES string of the molecule is O=CCl.c1ccc2c(c1)Cc1ccccc1-2. The van der Waals surface area contributed by atoms with Gasteiger partial charge >= 0.3 is 0 Å². The highest BCUT2D eigenvalue weighted by atomic mass is 35.5. The molecule has 0 fully saturated rings. The maximum atomic E-state index is 8.57. The number of halogens is 1. The fraction of sp³-hybridized carbons (Fsp3) is 0.0714. The number of rotatable bonds is 0. The molecule has 2 aromatic carbocycles. The first-order chi connectivity index (χ1) is 7.86. The van der Waals surface area contributed by atoms with Crippen LogP contribution in [-0.4, -0.2) is 5.75 Å². The van der Waals surface area contributed by atoms with Gasteiger partial charge in [0.1, 0.15) is 0 Å². The molecule has 2 aromatic rings. The van der Waals surface area contributed by atoms with Gasteiger partial charge in [0.05, 0.1) is 0 Å². The van der Waals surface area contributed by atoms with Crippen molar-refractivity contribution in [3.8, 4) is 11.1 Å². The van der Waals surface area contributed by atoms with E-state index in [-0.39, 0.29) is 5.75 Å². The fourth-order valence-corrected chi connectivity index (χ4v) is 2.08. The normalized spacial score (nSPS) is 10.8. The zero-order chi connectivity index (χ0) is 11.4. The van der Waals surface area contributed by atoms with Crippen LogP contribution < -0.4 is 0 Å². The zero-order valence-corrected chi connectivity index (χ0v) is 9.45. The van der Waals surface area contributed by atoms with E-state index < -0.39 is 0 Å². The second kappa shape index (κ2) is 4.95. The lowest BCUT2D eigenvalue weighted by Crippen LogP contribution is -1.77. The summed E-state index contributed by atoms with van der Waals surface area (Å²) in [6, 6.07) is 17.3. The summed E-state index contributed by atoms with van der Waals surface area (Å²) in [6.45, 7) is 0. The number of hydrogen-bond acceptors (Lipinski definition) is 1. The molecule has 1 aliphatic carbocycles. The lowest BCUT2D eigenvalue weighted by Gasteiger charge is -1.98. The molecule has 0 aromatic heterocycles. The van der Waals surface area contributed by atoms with Crippen molar-refractivity contribution < 1.29 is 4.79 Å². The van der Waals surface area contributed by atoms with Crippen molar-refractivity contribution in [2.24, 2.45) is 0 Å². The van der Waals surface area contributed by atoms with E-state index in [9.17, 15) is 0 Å². The summed E-state index contributed by atoms with van der Waals surface area (Å²) < 4.78 is 0. The predicted octanol–water partition coefficient (Wildman–Crippen LogP) is 3.67. The Morgan fingerprint density at radius 1 is 0.875 bits per heavy atom. The molecule has 0 unspecified atom stereocenters. The largest absolute Gasteiger partial charge is 0.285 e. The van der Waals surface area contributed by atoms with E-state index >= 15 is 0 Å². The molecule has 0 amide bonds. The van der Waals surface area contributed by atoms with Crippen molar-refractivity contribution in [2.75, 3.05) is 0 Å². The molecule has 2 heteroatoms. The third-order valence-electron chi connectivity index (χ3n) is 2.71. The van der Waals surface area contributed by atoms with Gasteiger partial charge in [-0.3, -0.25) is 4.79 Å². The van der Waals surface area contributed by atoms with Crippen LogP contribution in [-0.2, 0) is 11.2 Å². The second-order valence-corrected chi connectivity index (χ2v) is 3.76. The standard InChI is InChI=1S/C13H10.CHClO/c1-3-7-12-10(5-1)9-11-6-2-4-8-13(11)12;2-1-3/h1-8H,9H2;1H. The van der Waals surface area contributed by atoms with E-state index in [0.717, 1.165) is 6.42 Å². The third kappa shape index (κ3) is 2.00. The highest BCUT2D eigenvalue weighted by molar-refractivity contribution is 6.54. The minimum Gasteiger partial charge on any atom is -0.285 e. The average molecular weight is 231 g/mol. The highest BCUT2D eigenvalue weighted by Crippen LogP contribution is 2.35. The highest BCUT2D eigenvalue weighted by Gasteiger charge is 2.15. The molecule has 0 heterocycles. The molecule has 0 bridgehead atoms. The molecule has 0 saturated carbocycles. The van der Waals surface area contributed by atoms with Crippen molar-refractivity contribution in [2.45, 2.75) is 6.42 Å². The molecule has 16 heavy (non-hydrogen) atoms. The van der Waals surface area contributed by atoms with E-state index in [4.69, 9.17) is 4.79 Å². The number of carbonyl (C=O) groups is 1. The summed E-state index contributed by atoms with van der Waals surface area (Å²) >= 11 is 4.32. The van der Waals surface area contributed by atoms with Gasteiger partial charge in [-0.05, 0) is 40.3 Å². The maximum absolute atomic E-state index is 8.57. The van der Waals surface area contributed by atoms with Gasteiger partial charge in [0.15, 0.2) is 0 Å². The Labute approximate surface area is 99.7 Å². The molecule has 3 rings (SSSR count). The summed E-state index contributed by atoms with van der Waals surface area (Å²) in [7, 11) is 0. The fourth-order valence-electron chi connectivity index (χ4n) is 2.08. The van der Waals surface area contributed by atoms with E-state index in [2.05, 4.69) is 60.1 Å². The minimum atomic E-state index is 0.222. The number of carbonyl (C=O) groups excluding carboxylic acids is 1. The summed E-state index contributed by atoms with van der Waals surface area (Å²) in [5.41, 5.74) is 5.75. The summed E-state index contributed by atoms with van der Waals surface area (Å²) in [6.07, 6.45) is 1.10. The molecule has 80 valence electrons. The van der Waals surface area contributed by atoms with Crippen molar-refractivity contribution in [3.05, 3.63) is 59.7 Å². The van der Waals surface area contributed by atoms with Crippen LogP contribution in [0, 0.1) is 0 Å². The minimum absolute atomic E-state index is 0.222. The average Bonchev–Trinajstić information content (AvgIpc) is 2.68. The van der Waals surface area contributed by atoms with Crippen LogP contribution in [0.4, 0.5) is 0 Å². The van der Waals surface area contributed by atoms with Crippen molar-refractivity contribution in [1.29, 1.82) is 0 Å². The van der Waals surface area contributed by atoms with E-state index in [0.29, 0.717) is 0 Å². The lowest BCUT2D eigenvalue weighted by molar-refractivity contribution is 0.569. The van der Waals surface area contributed by atoms with E-state index in [1.807, 2.05) is 0 Å². The molecule has 0 spiro atoms. The van der Waals surface area contributed by atoms with Gasteiger partial charge in [0.2, 0.25) is 5.75 Å². The Bertz CT molecular complexity index is 462. The predicted molar refractivity (Wildman–Crippen MR) is 67.3 cm³/mol. The topological polar surface area (TPSA) is 17.1 Å². The monoisotopic (exact) mass is 230 g/mol. The van der Waals surface area contributed by atoms with Gasteiger partial charge in [-0.25, -0.2) is 0 Å². The molecular weight excluding hydrogens is 220 g/mol. The van der Waals surface area contributed by atoms with Crippen LogP contribution in [0.1, 0.15) is 11.1 Å². The van der Waals surface area contributed by atoms with Crippen LogP contribution in [0.3, 0.4) is 0 Å². The number of hydrogen-bond donors (Lipinski definition) is 0. The maximum Gasteiger partial charge on any atom is 0.208 e. The molecule has 1 aliphatic rings. The lowest BCUT2D eigenvalue weighted by atomic mass is 10.1. The zero-order valence-electron chi connectivity index (χ0n) is 8.69. The van der Waals surface area contributed by atoms with Crippen LogP contribution in [0.5, 0.6) is 0 Å². The smallest absolute Gasteiger partial charge is 0.208 e. The summed E-state index contributed by atoms with van der Waals surface area (Å²) in [4.78, 5) is 8.57. The molecule has 0 N–H and O–H groups in total.